The molecule has 1 N–H and O–H groups in total. The molecular weight excluding hydrogens is 322 g/mol. The van der Waals surface area contributed by atoms with Crippen molar-refractivity contribution in [1.82, 2.24) is 4.98 Å². The minimum Gasteiger partial charge on any atom is -0.490 e. The molecule has 2 aromatic carbocycles. The molecule has 5 rings (SSSR count). The Balaban J connectivity index is 1.62. The van der Waals surface area contributed by atoms with Gasteiger partial charge in [-0.05, 0) is 42.5 Å². The third-order valence-electron chi connectivity index (χ3n) is 5.74. The molecule has 3 nitrogen and oxygen atoms in total. The van der Waals surface area contributed by atoms with Crippen LogP contribution in [0.3, 0.4) is 0 Å². The number of nitrogens with one attached hydrogen (secondary N) is 1. The Bertz CT molecular complexity index is 903. The van der Waals surface area contributed by atoms with Gasteiger partial charge in [0.05, 0.1) is 12.3 Å². The molecule has 3 aromatic rings. The van der Waals surface area contributed by atoms with E-state index < -0.39 is 0 Å². The highest BCUT2D eigenvalue weighted by Gasteiger charge is 2.26. The zero-order valence-electron chi connectivity index (χ0n) is 15.0. The molecule has 1 aliphatic heterocycles. The summed E-state index contributed by atoms with van der Waals surface area (Å²) in [5, 5.41) is 1.37. The summed E-state index contributed by atoms with van der Waals surface area (Å²) in [4.78, 5) is 3.71. The molecule has 1 saturated carbocycles. The molecule has 1 aromatic heterocycles. The zero-order valence-corrected chi connectivity index (χ0v) is 15.0. The van der Waals surface area contributed by atoms with Gasteiger partial charge in [0, 0.05) is 16.5 Å². The summed E-state index contributed by atoms with van der Waals surface area (Å²) in [6, 6.07) is 17.1. The van der Waals surface area contributed by atoms with Crippen LogP contribution in [-0.2, 0) is 4.74 Å². The van der Waals surface area contributed by atoms with Crippen LogP contribution in [0.2, 0.25) is 0 Å². The lowest BCUT2D eigenvalue weighted by atomic mass is 9.82. The van der Waals surface area contributed by atoms with Gasteiger partial charge in [-0.1, -0.05) is 49.6 Å². The third kappa shape index (κ3) is 3.01. The van der Waals surface area contributed by atoms with Crippen LogP contribution in [0.4, 0.5) is 0 Å². The summed E-state index contributed by atoms with van der Waals surface area (Å²) < 4.78 is 11.4. The Morgan fingerprint density at radius 3 is 2.58 bits per heavy atom. The minimum atomic E-state index is 0.267. The fourth-order valence-corrected chi connectivity index (χ4v) is 4.34. The van der Waals surface area contributed by atoms with Crippen molar-refractivity contribution in [3.63, 3.8) is 0 Å². The average molecular weight is 347 g/mol. The molecule has 0 spiro atoms. The molecule has 0 radical (unpaired) electrons. The van der Waals surface area contributed by atoms with Crippen LogP contribution in [0.15, 0.2) is 48.5 Å². The van der Waals surface area contributed by atoms with Gasteiger partial charge < -0.3 is 14.5 Å². The maximum Gasteiger partial charge on any atom is 0.128 e. The molecule has 1 atom stereocenters. The second-order valence-corrected chi connectivity index (χ2v) is 7.56. The van der Waals surface area contributed by atoms with Crippen molar-refractivity contribution in [3.8, 4) is 17.0 Å². The van der Waals surface area contributed by atoms with E-state index in [0.717, 1.165) is 12.4 Å². The lowest BCUT2D eigenvalue weighted by Crippen LogP contribution is -2.07. The van der Waals surface area contributed by atoms with E-state index in [9.17, 15) is 0 Å². The van der Waals surface area contributed by atoms with Crippen LogP contribution >= 0.6 is 0 Å². The van der Waals surface area contributed by atoms with Gasteiger partial charge in [-0.2, -0.15) is 0 Å². The first-order valence-electron chi connectivity index (χ1n) is 9.84. The zero-order chi connectivity index (χ0) is 17.3. The molecule has 0 bridgehead atoms. The summed E-state index contributed by atoms with van der Waals surface area (Å²) >= 11 is 0. The molecule has 1 aliphatic carbocycles. The number of fused-ring (bicyclic) bond motifs is 1. The van der Waals surface area contributed by atoms with E-state index in [1.807, 2.05) is 0 Å². The van der Waals surface area contributed by atoms with Crippen molar-refractivity contribution in [2.45, 2.75) is 44.1 Å². The van der Waals surface area contributed by atoms with Gasteiger partial charge in [-0.15, -0.1) is 0 Å². The molecule has 0 unspecified atom stereocenters. The van der Waals surface area contributed by atoms with Crippen LogP contribution in [0, 0.1) is 0 Å². The first kappa shape index (κ1) is 16.0. The number of ether oxygens (including phenoxy) is 2. The third-order valence-corrected chi connectivity index (χ3v) is 5.74. The normalized spacial score (nSPS) is 20.4. The summed E-state index contributed by atoms with van der Waals surface area (Å²) in [7, 11) is 0. The molecule has 26 heavy (non-hydrogen) atoms. The number of hydrogen-bond donors (Lipinski definition) is 1. The molecule has 0 amide bonds. The minimum absolute atomic E-state index is 0.267. The van der Waals surface area contributed by atoms with Gasteiger partial charge in [-0.3, -0.25) is 0 Å². The highest BCUT2D eigenvalue weighted by atomic mass is 16.6. The van der Waals surface area contributed by atoms with Crippen molar-refractivity contribution in [2.75, 3.05) is 13.2 Å². The number of epoxide rings is 1. The van der Waals surface area contributed by atoms with Gasteiger partial charge in [0.25, 0.3) is 0 Å². The lowest BCUT2D eigenvalue weighted by molar-refractivity contribution is 0.264. The lowest BCUT2D eigenvalue weighted by Gasteiger charge is -2.23. The van der Waals surface area contributed by atoms with Crippen LogP contribution in [-0.4, -0.2) is 24.3 Å². The van der Waals surface area contributed by atoms with Crippen molar-refractivity contribution >= 4 is 10.9 Å². The van der Waals surface area contributed by atoms with Gasteiger partial charge in [0.2, 0.25) is 0 Å². The van der Waals surface area contributed by atoms with E-state index in [1.165, 1.54) is 59.8 Å². The van der Waals surface area contributed by atoms with Gasteiger partial charge in [0.15, 0.2) is 0 Å². The summed E-state index contributed by atoms with van der Waals surface area (Å²) in [6.45, 7) is 1.46. The van der Waals surface area contributed by atoms with Crippen molar-refractivity contribution in [2.24, 2.45) is 0 Å². The smallest absolute Gasteiger partial charge is 0.128 e. The number of aromatic nitrogens is 1. The standard InChI is InChI=1S/C23H25NO2/c1-2-8-16(9-3-1)22-18-10-4-6-12-20(18)24-23(22)19-11-5-7-13-21(19)26-15-17-14-25-17/h4-7,10-13,16-17,24H,1-3,8-9,14-15H2/t17-/m0/s1. The summed E-state index contributed by atoms with van der Waals surface area (Å²) in [5.74, 6) is 1.58. The van der Waals surface area contributed by atoms with Gasteiger partial charge in [0.1, 0.15) is 18.5 Å². The van der Waals surface area contributed by atoms with E-state index in [2.05, 4.69) is 53.5 Å². The summed E-state index contributed by atoms with van der Waals surface area (Å²) in [6.07, 6.45) is 6.88. The Hall–Kier alpha value is -2.26. The van der Waals surface area contributed by atoms with E-state index in [4.69, 9.17) is 9.47 Å². The molecule has 2 fully saturated rings. The monoisotopic (exact) mass is 347 g/mol. The van der Waals surface area contributed by atoms with Crippen molar-refractivity contribution in [1.29, 1.82) is 0 Å². The van der Waals surface area contributed by atoms with Crippen molar-refractivity contribution in [3.05, 3.63) is 54.1 Å². The maximum absolute atomic E-state index is 6.11. The predicted molar refractivity (Wildman–Crippen MR) is 105 cm³/mol. The van der Waals surface area contributed by atoms with E-state index in [1.54, 1.807) is 0 Å². The number of hydrogen-bond acceptors (Lipinski definition) is 2. The molecule has 2 heterocycles. The first-order valence-corrected chi connectivity index (χ1v) is 9.84. The fraction of sp³-hybridized carbons (Fsp3) is 0.391. The van der Waals surface area contributed by atoms with Crippen LogP contribution < -0.4 is 4.74 Å². The highest BCUT2D eigenvalue weighted by Crippen LogP contribution is 2.44. The Morgan fingerprint density at radius 2 is 1.73 bits per heavy atom. The Morgan fingerprint density at radius 1 is 0.962 bits per heavy atom. The van der Waals surface area contributed by atoms with E-state index >= 15 is 0 Å². The second-order valence-electron chi connectivity index (χ2n) is 7.56. The van der Waals surface area contributed by atoms with E-state index in [0.29, 0.717) is 12.5 Å². The SMILES string of the molecule is c1ccc(-c2[nH]c3ccccc3c2C2CCCCC2)c(OC[C@@H]2CO2)c1. The Kier molecular flexibility index (Phi) is 4.18. The largest absolute Gasteiger partial charge is 0.490 e. The van der Waals surface area contributed by atoms with Crippen LogP contribution in [0.25, 0.3) is 22.2 Å². The number of aromatic amines is 1. The second kappa shape index (κ2) is 6.81. The molecule has 1 saturated heterocycles. The number of rotatable bonds is 5. The van der Waals surface area contributed by atoms with Crippen molar-refractivity contribution < 1.29 is 9.47 Å². The molecule has 2 aliphatic rings. The van der Waals surface area contributed by atoms with Crippen LogP contribution in [0.5, 0.6) is 5.75 Å². The number of para-hydroxylation sites is 2. The highest BCUT2D eigenvalue weighted by molar-refractivity contribution is 5.92. The topological polar surface area (TPSA) is 37.5 Å². The molecule has 3 heteroatoms. The summed E-state index contributed by atoms with van der Waals surface area (Å²) in [5.41, 5.74) is 5.12. The number of benzene rings is 2. The number of H-pyrrole nitrogens is 1. The first-order chi connectivity index (χ1) is 12.9. The predicted octanol–water partition coefficient (Wildman–Crippen LogP) is 5.66. The Labute approximate surface area is 154 Å². The molecule has 134 valence electrons. The van der Waals surface area contributed by atoms with Gasteiger partial charge in [-0.25, -0.2) is 0 Å². The van der Waals surface area contributed by atoms with E-state index in [-0.39, 0.29) is 6.10 Å². The quantitative estimate of drug-likeness (QED) is 0.605. The maximum atomic E-state index is 6.11. The van der Waals surface area contributed by atoms with Crippen LogP contribution in [0.1, 0.15) is 43.6 Å². The average Bonchev–Trinajstić information content (AvgIpc) is 3.45. The fourth-order valence-electron chi connectivity index (χ4n) is 4.34. The van der Waals surface area contributed by atoms with Gasteiger partial charge >= 0.3 is 0 Å². The molecular formula is C23H25NO2.